The SMILES string of the molecule is CNCC(=O)NC1CCC(C(C)(C)C2CCC(NC(=O)CC(=O)NCNC(=O)CC(C)=O)CC2)CC1. The van der Waals surface area contributed by atoms with Crippen molar-refractivity contribution in [1.29, 1.82) is 0 Å². The highest BCUT2D eigenvalue weighted by Crippen LogP contribution is 2.48. The van der Waals surface area contributed by atoms with E-state index in [2.05, 4.69) is 40.4 Å². The molecule has 0 radical (unpaired) electrons. The topological polar surface area (TPSA) is 146 Å². The molecule has 0 aromatic rings. The predicted octanol–water partition coefficient (Wildman–Crippen LogP) is 1.14. The van der Waals surface area contributed by atoms with Crippen LogP contribution in [-0.4, -0.2) is 61.8 Å². The molecule has 2 aliphatic rings. The number of carbonyl (C=O) groups excluding carboxylic acids is 5. The molecule has 2 saturated carbocycles. The summed E-state index contributed by atoms with van der Waals surface area (Å²) in [6.07, 6.45) is 7.67. The molecule has 4 amide bonds. The van der Waals surface area contributed by atoms with Gasteiger partial charge in [0.05, 0.1) is 19.6 Å². The summed E-state index contributed by atoms with van der Waals surface area (Å²) in [5.74, 6) is -0.217. The number of hydrogen-bond acceptors (Lipinski definition) is 6. The first-order valence-electron chi connectivity index (χ1n) is 13.3. The van der Waals surface area contributed by atoms with Crippen LogP contribution in [0.15, 0.2) is 0 Å². The van der Waals surface area contributed by atoms with E-state index in [-0.39, 0.29) is 54.6 Å². The molecule has 5 N–H and O–H groups in total. The van der Waals surface area contributed by atoms with Gasteiger partial charge >= 0.3 is 0 Å². The number of likely N-dealkylation sites (N-methyl/N-ethyl adjacent to an activating group) is 1. The number of Topliss-reactive ketones (excluding diaryl/α,β-unsaturated/α-hetero) is 1. The third-order valence-electron chi connectivity index (χ3n) is 7.93. The van der Waals surface area contributed by atoms with E-state index in [1.54, 1.807) is 7.05 Å². The molecule has 0 aromatic carbocycles. The summed E-state index contributed by atoms with van der Waals surface area (Å²) in [5, 5.41) is 13.9. The van der Waals surface area contributed by atoms with E-state index in [4.69, 9.17) is 0 Å². The highest BCUT2D eigenvalue weighted by Gasteiger charge is 2.40. The number of amides is 4. The highest BCUT2D eigenvalue weighted by atomic mass is 16.2. The Morgan fingerprint density at radius 1 is 0.667 bits per heavy atom. The Bertz CT molecular complexity index is 784. The normalized spacial score (nSPS) is 24.3. The van der Waals surface area contributed by atoms with Crippen molar-refractivity contribution in [3.63, 3.8) is 0 Å². The average molecular weight is 508 g/mol. The Morgan fingerprint density at radius 3 is 1.56 bits per heavy atom. The number of rotatable bonds is 12. The Kier molecular flexibility index (Phi) is 11.8. The van der Waals surface area contributed by atoms with Crippen molar-refractivity contribution >= 4 is 29.4 Å². The number of nitrogens with one attached hydrogen (secondary N) is 5. The van der Waals surface area contributed by atoms with Gasteiger partial charge in [-0.25, -0.2) is 0 Å². The minimum absolute atomic E-state index is 0.0643. The van der Waals surface area contributed by atoms with E-state index >= 15 is 0 Å². The van der Waals surface area contributed by atoms with Crippen molar-refractivity contribution in [1.82, 2.24) is 26.6 Å². The molecule has 0 spiro atoms. The molecule has 0 bridgehead atoms. The maximum Gasteiger partial charge on any atom is 0.234 e. The fourth-order valence-corrected chi connectivity index (χ4v) is 5.75. The third-order valence-corrected chi connectivity index (χ3v) is 7.93. The molecule has 0 aromatic heterocycles. The molecule has 2 aliphatic carbocycles. The van der Waals surface area contributed by atoms with Gasteiger partial charge in [0.2, 0.25) is 23.6 Å². The van der Waals surface area contributed by atoms with Crippen LogP contribution in [0.1, 0.15) is 85.0 Å². The zero-order valence-electron chi connectivity index (χ0n) is 22.3. The second kappa shape index (κ2) is 14.3. The van der Waals surface area contributed by atoms with Crippen LogP contribution >= 0.6 is 0 Å². The molecule has 36 heavy (non-hydrogen) atoms. The Balaban J connectivity index is 1.67. The minimum Gasteiger partial charge on any atom is -0.353 e. The fourth-order valence-electron chi connectivity index (χ4n) is 5.75. The molecule has 204 valence electrons. The molecule has 0 heterocycles. The summed E-state index contributed by atoms with van der Waals surface area (Å²) in [5.41, 5.74) is 0.210. The Morgan fingerprint density at radius 2 is 1.11 bits per heavy atom. The first-order valence-corrected chi connectivity index (χ1v) is 13.3. The lowest BCUT2D eigenvalue weighted by atomic mass is 9.60. The molecule has 10 heteroatoms. The van der Waals surface area contributed by atoms with Gasteiger partial charge in [0.1, 0.15) is 12.2 Å². The molecular weight excluding hydrogens is 462 g/mol. The van der Waals surface area contributed by atoms with Crippen molar-refractivity contribution in [2.45, 2.75) is 97.1 Å². The van der Waals surface area contributed by atoms with Crippen molar-refractivity contribution in [3.8, 4) is 0 Å². The van der Waals surface area contributed by atoms with Gasteiger partial charge < -0.3 is 26.6 Å². The summed E-state index contributed by atoms with van der Waals surface area (Å²) in [4.78, 5) is 58.4. The lowest BCUT2D eigenvalue weighted by Crippen LogP contribution is -2.46. The largest absolute Gasteiger partial charge is 0.353 e. The van der Waals surface area contributed by atoms with Crippen molar-refractivity contribution < 1.29 is 24.0 Å². The summed E-state index contributed by atoms with van der Waals surface area (Å²) in [7, 11) is 1.78. The number of carbonyl (C=O) groups is 5. The monoisotopic (exact) mass is 507 g/mol. The van der Waals surface area contributed by atoms with Gasteiger partial charge in [-0.1, -0.05) is 13.8 Å². The van der Waals surface area contributed by atoms with Gasteiger partial charge in [-0.15, -0.1) is 0 Å². The van der Waals surface area contributed by atoms with Crippen LogP contribution in [0.4, 0.5) is 0 Å². The Hall–Kier alpha value is -2.49. The van der Waals surface area contributed by atoms with Crippen LogP contribution in [0.5, 0.6) is 0 Å². The van der Waals surface area contributed by atoms with Gasteiger partial charge in [0.15, 0.2) is 0 Å². The van der Waals surface area contributed by atoms with E-state index in [1.807, 2.05) is 0 Å². The smallest absolute Gasteiger partial charge is 0.234 e. The zero-order chi connectivity index (χ0) is 26.7. The molecule has 0 atom stereocenters. The lowest BCUT2D eigenvalue weighted by molar-refractivity contribution is -0.130. The highest BCUT2D eigenvalue weighted by molar-refractivity contribution is 5.98. The quantitative estimate of drug-likeness (QED) is 0.198. The average Bonchev–Trinajstić information content (AvgIpc) is 2.79. The summed E-state index contributed by atoms with van der Waals surface area (Å²) >= 11 is 0. The van der Waals surface area contributed by atoms with E-state index in [1.165, 1.54) is 6.92 Å². The van der Waals surface area contributed by atoms with Crippen molar-refractivity contribution in [2.75, 3.05) is 20.3 Å². The standard InChI is InChI=1S/C26H45N5O5/c1-17(32)13-22(33)28-16-29-23(34)14-24(35)30-20-9-5-18(6-10-20)26(2,3)19-7-11-21(12-8-19)31-25(36)15-27-4/h18-21,27H,5-16H2,1-4H3,(H,28,33)(H,29,34)(H,30,35)(H,31,36). The molecule has 10 nitrogen and oxygen atoms in total. The zero-order valence-corrected chi connectivity index (χ0v) is 22.3. The van der Waals surface area contributed by atoms with Crippen LogP contribution in [0.2, 0.25) is 0 Å². The molecule has 2 rings (SSSR count). The maximum absolute atomic E-state index is 12.3. The second-order valence-electron chi connectivity index (χ2n) is 11.0. The number of hydrogen-bond donors (Lipinski definition) is 5. The van der Waals surface area contributed by atoms with E-state index in [0.717, 1.165) is 51.4 Å². The first kappa shape index (κ1) is 29.7. The third kappa shape index (κ3) is 9.87. The van der Waals surface area contributed by atoms with Gasteiger partial charge in [0.25, 0.3) is 0 Å². The van der Waals surface area contributed by atoms with E-state index < -0.39 is 11.8 Å². The second-order valence-corrected chi connectivity index (χ2v) is 11.0. The van der Waals surface area contributed by atoms with E-state index in [0.29, 0.717) is 18.4 Å². The molecule has 0 aliphatic heterocycles. The van der Waals surface area contributed by atoms with Crippen LogP contribution in [0, 0.1) is 17.3 Å². The molecule has 0 unspecified atom stereocenters. The first-order chi connectivity index (χ1) is 17.0. The maximum atomic E-state index is 12.3. The summed E-state index contributed by atoms with van der Waals surface area (Å²) < 4.78 is 0. The summed E-state index contributed by atoms with van der Waals surface area (Å²) in [6, 6.07) is 0.351. The Labute approximate surface area is 214 Å². The van der Waals surface area contributed by atoms with Gasteiger partial charge in [0, 0.05) is 12.1 Å². The van der Waals surface area contributed by atoms with Crippen LogP contribution in [-0.2, 0) is 24.0 Å². The molecule has 2 fully saturated rings. The van der Waals surface area contributed by atoms with Crippen molar-refractivity contribution in [2.24, 2.45) is 17.3 Å². The van der Waals surface area contributed by atoms with Crippen LogP contribution in [0.25, 0.3) is 0 Å². The summed E-state index contributed by atoms with van der Waals surface area (Å²) in [6.45, 7) is 6.32. The van der Waals surface area contributed by atoms with Crippen LogP contribution < -0.4 is 26.6 Å². The predicted molar refractivity (Wildman–Crippen MR) is 137 cm³/mol. The molecule has 0 saturated heterocycles. The van der Waals surface area contributed by atoms with Gasteiger partial charge in [-0.2, -0.15) is 0 Å². The lowest BCUT2D eigenvalue weighted by Gasteiger charge is -2.47. The minimum atomic E-state index is -0.469. The molecular formula is C26H45N5O5. The number of ketones is 1. The van der Waals surface area contributed by atoms with Crippen LogP contribution in [0.3, 0.4) is 0 Å². The van der Waals surface area contributed by atoms with Gasteiger partial charge in [-0.05, 0) is 82.6 Å². The fraction of sp³-hybridized carbons (Fsp3) is 0.808. The van der Waals surface area contributed by atoms with Gasteiger partial charge in [-0.3, -0.25) is 24.0 Å². The van der Waals surface area contributed by atoms with Crippen molar-refractivity contribution in [3.05, 3.63) is 0 Å². The van der Waals surface area contributed by atoms with E-state index in [9.17, 15) is 24.0 Å².